The van der Waals surface area contributed by atoms with Crippen LogP contribution in [-0.2, 0) is 14.7 Å². The van der Waals surface area contributed by atoms with Gasteiger partial charge >= 0.3 is 12.0 Å². The van der Waals surface area contributed by atoms with Gasteiger partial charge in [0, 0.05) is 17.5 Å². The molecule has 1 saturated heterocycles. The van der Waals surface area contributed by atoms with Gasteiger partial charge in [-0.25, -0.2) is 4.79 Å². The molecule has 0 unspecified atom stereocenters. The van der Waals surface area contributed by atoms with Crippen molar-refractivity contribution in [2.75, 3.05) is 34.7 Å². The Hall–Kier alpha value is -4.16. The SMILES string of the molecule is COc1cc([C@@H]2c3cc4c(cc3[C@@H](NC(=O)NC3=CC(C)(C)N([O])C3(C)C)[C@H]3COC(=O)[C@H]23)OCO4)cc(OC)c1OC. The second-order valence-electron chi connectivity index (χ2n) is 12.2. The number of benzene rings is 2. The van der Waals surface area contributed by atoms with Crippen molar-refractivity contribution < 1.29 is 43.2 Å². The van der Waals surface area contributed by atoms with Gasteiger partial charge in [0.25, 0.3) is 0 Å². The molecule has 4 aliphatic rings. The van der Waals surface area contributed by atoms with Crippen LogP contribution in [0.2, 0.25) is 0 Å². The lowest BCUT2D eigenvalue weighted by molar-refractivity contribution is -0.239. The molecule has 0 bridgehead atoms. The molecule has 1 aliphatic carbocycles. The Kier molecular flexibility index (Phi) is 6.89. The van der Waals surface area contributed by atoms with Crippen molar-refractivity contribution in [1.82, 2.24) is 15.7 Å². The maximum Gasteiger partial charge on any atom is 0.319 e. The number of amides is 2. The van der Waals surface area contributed by atoms with E-state index in [1.54, 1.807) is 33.8 Å². The Morgan fingerprint density at radius 1 is 0.930 bits per heavy atom. The van der Waals surface area contributed by atoms with Gasteiger partial charge in [-0.3, -0.25) is 4.79 Å². The summed E-state index contributed by atoms with van der Waals surface area (Å²) in [5.74, 6) is 0.511. The molecule has 0 spiro atoms. The van der Waals surface area contributed by atoms with Crippen LogP contribution in [0.4, 0.5) is 4.79 Å². The average molecular weight is 595 g/mol. The van der Waals surface area contributed by atoms with Crippen LogP contribution in [0.25, 0.3) is 0 Å². The van der Waals surface area contributed by atoms with Gasteiger partial charge in [0.1, 0.15) is 0 Å². The maximum atomic E-state index is 13.6. The number of esters is 1. The third-order valence-corrected chi connectivity index (χ3v) is 8.96. The van der Waals surface area contributed by atoms with Crippen molar-refractivity contribution in [3.05, 3.63) is 52.7 Å². The lowest BCUT2D eigenvalue weighted by atomic mass is 9.65. The highest BCUT2D eigenvalue weighted by atomic mass is 16.7. The van der Waals surface area contributed by atoms with Crippen LogP contribution < -0.4 is 34.3 Å². The number of hydrogen-bond donors (Lipinski definition) is 2. The summed E-state index contributed by atoms with van der Waals surface area (Å²) >= 11 is 0. The molecular formula is C31H36N3O9. The molecule has 2 aromatic carbocycles. The third-order valence-electron chi connectivity index (χ3n) is 8.96. The minimum atomic E-state index is -0.941. The highest BCUT2D eigenvalue weighted by molar-refractivity contribution is 5.81. The molecule has 3 heterocycles. The first-order valence-corrected chi connectivity index (χ1v) is 14.1. The topological polar surface area (TPSA) is 137 Å². The van der Waals surface area contributed by atoms with Gasteiger partial charge in [-0.1, -0.05) is 0 Å². The third kappa shape index (κ3) is 4.51. The molecule has 4 atom stereocenters. The van der Waals surface area contributed by atoms with Crippen LogP contribution in [0.15, 0.2) is 36.0 Å². The van der Waals surface area contributed by atoms with Crippen LogP contribution >= 0.6 is 0 Å². The minimum absolute atomic E-state index is 0.0608. The summed E-state index contributed by atoms with van der Waals surface area (Å²) in [6.07, 6.45) is 1.76. The van der Waals surface area contributed by atoms with E-state index in [1.807, 2.05) is 24.3 Å². The molecule has 2 N–H and O–H groups in total. The van der Waals surface area contributed by atoms with Crippen LogP contribution in [0.1, 0.15) is 56.3 Å². The number of hydrogen-bond acceptors (Lipinski definition) is 9. The standard InChI is InChI=1S/C31H36N3O9/c1-30(2)12-23(31(3,4)34(30)37)32-29(36)33-26-17-11-20-19(42-14-43-20)10-16(17)24(25-18(26)13-41-28(25)35)15-8-21(38-5)27(40-7)22(9-15)39-6/h8-12,18,24-26H,13-14H2,1-7H3,(H2,32,33,36)/t18-,24+,25-,26+/m0/s1. The Balaban J connectivity index is 1.44. The Morgan fingerprint density at radius 2 is 1.56 bits per heavy atom. The molecule has 0 aromatic heterocycles. The zero-order valence-electron chi connectivity index (χ0n) is 25.2. The van der Waals surface area contributed by atoms with Crippen LogP contribution in [0.3, 0.4) is 0 Å². The van der Waals surface area contributed by atoms with Crippen LogP contribution in [0.5, 0.6) is 28.7 Å². The van der Waals surface area contributed by atoms with E-state index in [1.165, 1.54) is 21.3 Å². The molecule has 12 heteroatoms. The molecule has 229 valence electrons. The second kappa shape index (κ2) is 10.2. The quantitative estimate of drug-likeness (QED) is 0.478. The van der Waals surface area contributed by atoms with Crippen molar-refractivity contribution in [2.45, 2.75) is 50.7 Å². The normalized spacial score (nSPS) is 26.1. The number of carbonyl (C=O) groups excluding carboxylic acids is 2. The highest BCUT2D eigenvalue weighted by Gasteiger charge is 2.53. The molecule has 3 aliphatic heterocycles. The Morgan fingerprint density at radius 3 is 2.12 bits per heavy atom. The number of nitrogens with zero attached hydrogens (tertiary/aromatic N) is 1. The predicted octanol–water partition coefficient (Wildman–Crippen LogP) is 3.82. The number of fused-ring (bicyclic) bond motifs is 3. The van der Waals surface area contributed by atoms with Gasteiger partial charge in [0.2, 0.25) is 12.5 Å². The molecule has 1 fully saturated rings. The van der Waals surface area contributed by atoms with Crippen LogP contribution in [0, 0.1) is 11.8 Å². The van der Waals surface area contributed by atoms with Gasteiger partial charge in [0.05, 0.1) is 51.0 Å². The summed E-state index contributed by atoms with van der Waals surface area (Å²) in [6.45, 7) is 7.29. The summed E-state index contributed by atoms with van der Waals surface area (Å²) < 4.78 is 33.8. The summed E-state index contributed by atoms with van der Waals surface area (Å²) in [7, 11) is 4.60. The highest BCUT2D eigenvalue weighted by Crippen LogP contribution is 2.55. The average Bonchev–Trinajstić information content (AvgIpc) is 3.63. The molecule has 2 aromatic rings. The smallest absolute Gasteiger partial charge is 0.319 e. The van der Waals surface area contributed by atoms with E-state index in [0.717, 1.165) is 21.8 Å². The monoisotopic (exact) mass is 594 g/mol. The van der Waals surface area contributed by atoms with Crippen LogP contribution in [-0.4, -0.2) is 62.9 Å². The van der Waals surface area contributed by atoms with Gasteiger partial charge < -0.3 is 39.1 Å². The van der Waals surface area contributed by atoms with E-state index in [4.69, 9.17) is 28.4 Å². The zero-order valence-corrected chi connectivity index (χ0v) is 25.2. The number of rotatable bonds is 6. The molecule has 6 rings (SSSR count). The largest absolute Gasteiger partial charge is 0.493 e. The number of carbonyl (C=O) groups is 2. The van der Waals surface area contributed by atoms with Crippen molar-refractivity contribution >= 4 is 12.0 Å². The fourth-order valence-electron chi connectivity index (χ4n) is 6.94. The van der Waals surface area contributed by atoms with Crippen molar-refractivity contribution in [1.29, 1.82) is 0 Å². The summed E-state index contributed by atoms with van der Waals surface area (Å²) in [5.41, 5.74) is 1.06. The second-order valence-corrected chi connectivity index (χ2v) is 12.2. The molecule has 12 nitrogen and oxygen atoms in total. The molecule has 0 saturated carbocycles. The lowest BCUT2D eigenvalue weighted by Gasteiger charge is -2.39. The molecule has 1 radical (unpaired) electrons. The first kappa shape index (κ1) is 28.9. The molecular weight excluding hydrogens is 558 g/mol. The van der Waals surface area contributed by atoms with Crippen molar-refractivity contribution in [3.63, 3.8) is 0 Å². The first-order chi connectivity index (χ1) is 20.4. The fraction of sp³-hybridized carbons (Fsp3) is 0.484. The first-order valence-electron chi connectivity index (χ1n) is 14.1. The predicted molar refractivity (Wildman–Crippen MR) is 152 cm³/mol. The van der Waals surface area contributed by atoms with Gasteiger partial charge in [-0.2, -0.15) is 0 Å². The summed E-state index contributed by atoms with van der Waals surface area (Å²) in [5, 5.41) is 19.8. The lowest BCUT2D eigenvalue weighted by Crippen LogP contribution is -2.51. The van der Waals surface area contributed by atoms with E-state index in [-0.39, 0.29) is 19.4 Å². The van der Waals surface area contributed by atoms with Gasteiger partial charge in [0.15, 0.2) is 23.0 Å². The van der Waals surface area contributed by atoms with E-state index in [9.17, 15) is 14.8 Å². The minimum Gasteiger partial charge on any atom is -0.493 e. The number of nitrogens with one attached hydrogen (secondary N) is 2. The van der Waals surface area contributed by atoms with Gasteiger partial charge in [-0.05, 0) is 74.7 Å². The van der Waals surface area contributed by atoms with E-state index in [0.29, 0.717) is 34.4 Å². The van der Waals surface area contributed by atoms with Gasteiger partial charge in [-0.15, -0.1) is 10.3 Å². The number of cyclic esters (lactones) is 1. The summed E-state index contributed by atoms with van der Waals surface area (Å²) in [4.78, 5) is 27.0. The van der Waals surface area contributed by atoms with E-state index in [2.05, 4.69) is 10.6 Å². The Bertz CT molecular complexity index is 1490. The number of hydroxylamine groups is 2. The Labute approximate surface area is 249 Å². The summed E-state index contributed by atoms with van der Waals surface area (Å²) in [6, 6.07) is 6.27. The molecule has 2 amide bonds. The molecule has 43 heavy (non-hydrogen) atoms. The number of ether oxygens (including phenoxy) is 6. The number of methoxy groups -OCH3 is 3. The van der Waals surface area contributed by atoms with Crippen molar-refractivity contribution in [3.8, 4) is 28.7 Å². The van der Waals surface area contributed by atoms with E-state index < -0.39 is 40.9 Å². The number of urea groups is 1. The maximum absolute atomic E-state index is 13.6. The zero-order chi connectivity index (χ0) is 30.8. The van der Waals surface area contributed by atoms with Crippen molar-refractivity contribution in [2.24, 2.45) is 11.8 Å². The van der Waals surface area contributed by atoms with E-state index >= 15 is 0 Å². The fourth-order valence-corrected chi connectivity index (χ4v) is 6.94.